The van der Waals surface area contributed by atoms with E-state index in [0.29, 0.717) is 6.54 Å². The Labute approximate surface area is 95.6 Å². The number of rotatable bonds is 2. The number of nitrogens with two attached hydrogens (primary N) is 1. The molecular formula is C10H10BrClN2. The summed E-state index contributed by atoms with van der Waals surface area (Å²) >= 11 is 9.46. The Morgan fingerprint density at radius 3 is 2.93 bits per heavy atom. The van der Waals surface area contributed by atoms with Gasteiger partial charge in [0.2, 0.25) is 0 Å². The van der Waals surface area contributed by atoms with Crippen LogP contribution >= 0.6 is 27.5 Å². The largest absolute Gasteiger partial charge is 0.357 e. The lowest BCUT2D eigenvalue weighted by atomic mass is 10.2. The van der Waals surface area contributed by atoms with Crippen LogP contribution in [0.15, 0.2) is 22.7 Å². The molecule has 0 aliphatic carbocycles. The second-order valence-corrected chi connectivity index (χ2v) is 4.38. The van der Waals surface area contributed by atoms with Crippen molar-refractivity contribution in [2.45, 2.75) is 6.42 Å². The van der Waals surface area contributed by atoms with Gasteiger partial charge in [-0.1, -0.05) is 11.6 Å². The van der Waals surface area contributed by atoms with Crippen molar-refractivity contribution in [1.82, 2.24) is 4.98 Å². The van der Waals surface area contributed by atoms with Crippen LogP contribution in [0.25, 0.3) is 10.9 Å². The van der Waals surface area contributed by atoms with Crippen LogP contribution in [-0.2, 0) is 6.42 Å². The molecule has 0 unspecified atom stereocenters. The van der Waals surface area contributed by atoms with E-state index in [0.717, 1.165) is 32.5 Å². The molecule has 14 heavy (non-hydrogen) atoms. The highest BCUT2D eigenvalue weighted by Crippen LogP contribution is 2.30. The van der Waals surface area contributed by atoms with Gasteiger partial charge in [0.25, 0.3) is 0 Å². The lowest BCUT2D eigenvalue weighted by Crippen LogP contribution is -2.03. The molecule has 0 amide bonds. The first-order chi connectivity index (χ1) is 6.72. The fourth-order valence-corrected chi connectivity index (χ4v) is 2.30. The minimum Gasteiger partial charge on any atom is -0.357 e. The van der Waals surface area contributed by atoms with Crippen molar-refractivity contribution < 1.29 is 0 Å². The Bertz CT molecular complexity index is 464. The molecule has 4 heteroatoms. The van der Waals surface area contributed by atoms with Gasteiger partial charge in [0.15, 0.2) is 0 Å². The number of fused-ring (bicyclic) bond motifs is 1. The van der Waals surface area contributed by atoms with Crippen molar-refractivity contribution in [2.75, 3.05) is 6.54 Å². The summed E-state index contributed by atoms with van der Waals surface area (Å²) in [4.78, 5) is 3.31. The lowest BCUT2D eigenvalue weighted by molar-refractivity contribution is 0.934. The van der Waals surface area contributed by atoms with Gasteiger partial charge in [-0.3, -0.25) is 0 Å². The quantitative estimate of drug-likeness (QED) is 0.867. The van der Waals surface area contributed by atoms with E-state index in [1.807, 2.05) is 18.2 Å². The molecule has 3 N–H and O–H groups in total. The third kappa shape index (κ3) is 1.67. The zero-order valence-corrected chi connectivity index (χ0v) is 9.82. The molecule has 0 bridgehead atoms. The fraction of sp³-hybridized carbons (Fsp3) is 0.200. The van der Waals surface area contributed by atoms with E-state index in [2.05, 4.69) is 20.9 Å². The van der Waals surface area contributed by atoms with Crippen LogP contribution in [0.4, 0.5) is 0 Å². The Morgan fingerprint density at radius 1 is 1.43 bits per heavy atom. The predicted molar refractivity (Wildman–Crippen MR) is 63.8 cm³/mol. The molecule has 2 rings (SSSR count). The summed E-state index contributed by atoms with van der Waals surface area (Å²) in [6.07, 6.45) is 0.840. The van der Waals surface area contributed by atoms with Gasteiger partial charge in [0.1, 0.15) is 0 Å². The SMILES string of the molecule is NCCc1[nH]c2ccc(Cl)cc2c1Br. The number of benzene rings is 1. The number of nitrogens with one attached hydrogen (secondary N) is 1. The molecule has 0 radical (unpaired) electrons. The smallest absolute Gasteiger partial charge is 0.0468 e. The van der Waals surface area contributed by atoms with Crippen LogP contribution in [0.3, 0.4) is 0 Å². The maximum Gasteiger partial charge on any atom is 0.0468 e. The molecule has 0 saturated heterocycles. The van der Waals surface area contributed by atoms with Gasteiger partial charge in [-0.2, -0.15) is 0 Å². The van der Waals surface area contributed by atoms with E-state index in [1.165, 1.54) is 0 Å². The Balaban J connectivity index is 2.62. The van der Waals surface area contributed by atoms with Crippen molar-refractivity contribution in [3.05, 3.63) is 33.4 Å². The van der Waals surface area contributed by atoms with Crippen LogP contribution in [0, 0.1) is 0 Å². The number of hydrogen-bond donors (Lipinski definition) is 2. The van der Waals surface area contributed by atoms with Gasteiger partial charge in [-0.05, 0) is 40.7 Å². The van der Waals surface area contributed by atoms with Crippen LogP contribution in [-0.4, -0.2) is 11.5 Å². The third-order valence-electron chi connectivity index (χ3n) is 2.16. The molecule has 1 heterocycles. The van der Waals surface area contributed by atoms with E-state index in [4.69, 9.17) is 17.3 Å². The number of aromatic amines is 1. The van der Waals surface area contributed by atoms with E-state index in [9.17, 15) is 0 Å². The van der Waals surface area contributed by atoms with Crippen LogP contribution in [0.2, 0.25) is 5.02 Å². The minimum absolute atomic E-state index is 0.638. The van der Waals surface area contributed by atoms with E-state index < -0.39 is 0 Å². The molecule has 0 fully saturated rings. The molecule has 1 aromatic carbocycles. The Hall–Kier alpha value is -0.510. The average molecular weight is 274 g/mol. The molecule has 0 spiro atoms. The third-order valence-corrected chi connectivity index (χ3v) is 3.30. The first-order valence-electron chi connectivity index (χ1n) is 4.38. The number of H-pyrrole nitrogens is 1. The van der Waals surface area contributed by atoms with Gasteiger partial charge < -0.3 is 10.7 Å². The van der Waals surface area contributed by atoms with Gasteiger partial charge >= 0.3 is 0 Å². The normalized spacial score (nSPS) is 11.1. The van der Waals surface area contributed by atoms with Crippen LogP contribution in [0.1, 0.15) is 5.69 Å². The molecule has 1 aromatic heterocycles. The summed E-state index contributed by atoms with van der Waals surface area (Å²) in [5.41, 5.74) is 7.73. The Kier molecular flexibility index (Phi) is 2.81. The highest BCUT2D eigenvalue weighted by molar-refractivity contribution is 9.10. The summed E-state index contributed by atoms with van der Waals surface area (Å²) in [5, 5.41) is 1.86. The highest BCUT2D eigenvalue weighted by atomic mass is 79.9. The zero-order valence-electron chi connectivity index (χ0n) is 7.48. The lowest BCUT2D eigenvalue weighted by Gasteiger charge is -1.93. The van der Waals surface area contributed by atoms with E-state index in [-0.39, 0.29) is 0 Å². The van der Waals surface area contributed by atoms with E-state index >= 15 is 0 Å². The summed E-state index contributed by atoms with van der Waals surface area (Å²) in [6.45, 7) is 0.638. The molecule has 0 aliphatic heterocycles. The van der Waals surface area contributed by atoms with Crippen molar-refractivity contribution >= 4 is 38.4 Å². The summed E-state index contributed by atoms with van der Waals surface area (Å²) in [5.74, 6) is 0. The number of halogens is 2. The van der Waals surface area contributed by atoms with Gasteiger partial charge in [0.05, 0.1) is 0 Å². The molecule has 74 valence electrons. The molecule has 2 nitrogen and oxygen atoms in total. The second-order valence-electron chi connectivity index (χ2n) is 3.15. The van der Waals surface area contributed by atoms with Gasteiger partial charge in [-0.25, -0.2) is 0 Å². The molecule has 0 aliphatic rings. The molecule has 2 aromatic rings. The topological polar surface area (TPSA) is 41.8 Å². The summed E-state index contributed by atoms with van der Waals surface area (Å²) in [7, 11) is 0. The van der Waals surface area contributed by atoms with E-state index in [1.54, 1.807) is 0 Å². The number of aromatic nitrogens is 1. The van der Waals surface area contributed by atoms with Crippen LogP contribution < -0.4 is 5.73 Å². The Morgan fingerprint density at radius 2 is 2.21 bits per heavy atom. The average Bonchev–Trinajstić information content (AvgIpc) is 2.46. The predicted octanol–water partition coefficient (Wildman–Crippen LogP) is 3.09. The minimum atomic E-state index is 0.638. The number of hydrogen-bond acceptors (Lipinski definition) is 1. The summed E-state index contributed by atoms with van der Waals surface area (Å²) < 4.78 is 1.07. The molecule has 0 saturated carbocycles. The maximum atomic E-state index is 5.92. The van der Waals surface area contributed by atoms with Gasteiger partial charge in [0, 0.05) is 32.5 Å². The van der Waals surface area contributed by atoms with Crippen molar-refractivity contribution in [2.24, 2.45) is 5.73 Å². The standard InChI is InChI=1S/C10H10BrClN2/c11-10-7-5-6(12)1-2-8(7)14-9(10)3-4-13/h1-2,5,14H,3-4,13H2. The first-order valence-corrected chi connectivity index (χ1v) is 5.55. The first kappa shape index (κ1) is 10.0. The fourth-order valence-electron chi connectivity index (χ4n) is 1.50. The zero-order chi connectivity index (χ0) is 10.1. The van der Waals surface area contributed by atoms with Crippen LogP contribution in [0.5, 0.6) is 0 Å². The van der Waals surface area contributed by atoms with Crippen molar-refractivity contribution in [3.8, 4) is 0 Å². The summed E-state index contributed by atoms with van der Waals surface area (Å²) in [6, 6.07) is 5.79. The van der Waals surface area contributed by atoms with Crippen molar-refractivity contribution in [3.63, 3.8) is 0 Å². The van der Waals surface area contributed by atoms with Gasteiger partial charge in [-0.15, -0.1) is 0 Å². The maximum absolute atomic E-state index is 5.92. The second kappa shape index (κ2) is 3.93. The highest BCUT2D eigenvalue weighted by Gasteiger charge is 2.08. The molecule has 0 atom stereocenters. The monoisotopic (exact) mass is 272 g/mol. The molecular weight excluding hydrogens is 263 g/mol. The van der Waals surface area contributed by atoms with Crippen molar-refractivity contribution in [1.29, 1.82) is 0 Å².